The number of rotatable bonds is 8. The van der Waals surface area contributed by atoms with Crippen molar-refractivity contribution in [2.75, 3.05) is 22.1 Å². The van der Waals surface area contributed by atoms with Crippen LogP contribution in [-0.2, 0) is 12.8 Å². The fourth-order valence-electron chi connectivity index (χ4n) is 5.72. The van der Waals surface area contributed by atoms with Gasteiger partial charge in [0.25, 0.3) is 0 Å². The van der Waals surface area contributed by atoms with Crippen molar-refractivity contribution in [2.24, 2.45) is 0 Å². The molecule has 6 N–H and O–H groups in total. The predicted octanol–water partition coefficient (Wildman–Crippen LogP) is 9.13. The fraction of sp³-hybridized carbons (Fsp3) is 0.105. The predicted molar refractivity (Wildman–Crippen MR) is 210 cm³/mol. The smallest absolute Gasteiger partial charge is 0.239 e. The van der Waals surface area contributed by atoms with Gasteiger partial charge in [0.15, 0.2) is 23.3 Å². The standard InChI is InChI=1S/C19H15ClF2N6.C19H16ClFN6/c1-2-15-25-13-5-3-4-6-14(13)28(15)19-26-17(23)16(22)18(27-19)24-10-7-8-11(20)12(21)9-10;1-2-15-24-13-5-3-4-6-14(13)27(15)19-25-17(22)16(21)18(26-19)23-12-9-7-11(20)8-10-12/h3-9H,2H2,1H3,(H3,23,24,26,27);3-10H,2H2,1H3,(H3,22,23,25,26). The lowest BCUT2D eigenvalue weighted by Gasteiger charge is -2.12. The first-order valence-corrected chi connectivity index (χ1v) is 17.6. The van der Waals surface area contributed by atoms with Crippen LogP contribution >= 0.6 is 23.2 Å². The number of aromatic nitrogens is 8. The number of benzene rings is 4. The van der Waals surface area contributed by atoms with Gasteiger partial charge in [-0.05, 0) is 66.7 Å². The number of anilines is 6. The summed E-state index contributed by atoms with van der Waals surface area (Å²) in [7, 11) is 0. The molecule has 0 bridgehead atoms. The van der Waals surface area contributed by atoms with Crippen LogP contribution in [0.1, 0.15) is 25.5 Å². The fourth-order valence-corrected chi connectivity index (χ4v) is 5.97. The van der Waals surface area contributed by atoms with E-state index in [0.717, 1.165) is 34.0 Å². The maximum atomic E-state index is 14.5. The molecule has 12 nitrogen and oxygen atoms in total. The van der Waals surface area contributed by atoms with Crippen LogP contribution in [0.3, 0.4) is 0 Å². The number of hydrogen-bond donors (Lipinski definition) is 4. The quantitative estimate of drug-likeness (QED) is 0.117. The molecule has 0 aliphatic rings. The van der Waals surface area contributed by atoms with Crippen LogP contribution in [0.15, 0.2) is 91.0 Å². The van der Waals surface area contributed by atoms with Gasteiger partial charge in [-0.2, -0.15) is 28.7 Å². The topological polar surface area (TPSA) is 163 Å². The molecule has 0 aliphatic carbocycles. The summed E-state index contributed by atoms with van der Waals surface area (Å²) in [6, 6.07) is 26.0. The van der Waals surface area contributed by atoms with Crippen molar-refractivity contribution < 1.29 is 13.2 Å². The summed E-state index contributed by atoms with van der Waals surface area (Å²) in [6.45, 7) is 3.93. The van der Waals surface area contributed by atoms with Gasteiger partial charge in [0, 0.05) is 29.2 Å². The van der Waals surface area contributed by atoms with E-state index >= 15 is 0 Å². The molecule has 0 spiro atoms. The van der Waals surface area contributed by atoms with Crippen LogP contribution in [-0.4, -0.2) is 39.0 Å². The van der Waals surface area contributed by atoms with Gasteiger partial charge >= 0.3 is 0 Å². The average molecular weight is 784 g/mol. The van der Waals surface area contributed by atoms with Crippen LogP contribution in [0.4, 0.5) is 47.8 Å². The molecular weight excluding hydrogens is 752 g/mol. The summed E-state index contributed by atoms with van der Waals surface area (Å²) < 4.78 is 46.3. The molecule has 8 aromatic rings. The number of halogens is 5. The number of nitrogen functional groups attached to an aromatic ring is 2. The van der Waals surface area contributed by atoms with Crippen molar-refractivity contribution >= 4 is 79.9 Å². The third-order valence-electron chi connectivity index (χ3n) is 8.31. The van der Waals surface area contributed by atoms with Crippen molar-refractivity contribution in [3.63, 3.8) is 0 Å². The van der Waals surface area contributed by atoms with E-state index in [1.165, 1.54) is 12.1 Å². The highest BCUT2D eigenvalue weighted by Crippen LogP contribution is 2.29. The Morgan fingerprint density at radius 3 is 1.51 bits per heavy atom. The molecule has 0 saturated carbocycles. The Labute approximate surface area is 322 Å². The van der Waals surface area contributed by atoms with E-state index in [9.17, 15) is 13.2 Å². The SMILES string of the molecule is CCc1nc2ccccc2n1-c1nc(N)c(F)c(Nc2ccc(Cl)c(F)c2)n1.CCc1nc2ccccc2n1-c1nc(N)c(F)c(Nc2ccc(Cl)cc2)n1. The van der Waals surface area contributed by atoms with Crippen LogP contribution < -0.4 is 22.1 Å². The van der Waals surface area contributed by atoms with E-state index in [4.69, 9.17) is 34.7 Å². The van der Waals surface area contributed by atoms with Crippen molar-refractivity contribution in [1.29, 1.82) is 0 Å². The summed E-state index contributed by atoms with van der Waals surface area (Å²) in [6.07, 6.45) is 1.27. The number of para-hydroxylation sites is 4. The number of fused-ring (bicyclic) bond motifs is 2. The normalized spacial score (nSPS) is 11.1. The van der Waals surface area contributed by atoms with Gasteiger partial charge in [0.2, 0.25) is 23.5 Å². The molecule has 4 heterocycles. The average Bonchev–Trinajstić information content (AvgIpc) is 3.76. The maximum Gasteiger partial charge on any atom is 0.239 e. The summed E-state index contributed by atoms with van der Waals surface area (Å²) in [5, 5.41) is 6.21. The molecule has 4 aromatic heterocycles. The lowest BCUT2D eigenvalue weighted by atomic mass is 10.3. The monoisotopic (exact) mass is 782 g/mol. The lowest BCUT2D eigenvalue weighted by Crippen LogP contribution is -2.11. The van der Waals surface area contributed by atoms with Crippen LogP contribution in [0.25, 0.3) is 34.0 Å². The van der Waals surface area contributed by atoms with Gasteiger partial charge in [-0.25, -0.2) is 14.4 Å². The molecule has 55 heavy (non-hydrogen) atoms. The molecule has 278 valence electrons. The largest absolute Gasteiger partial charge is 0.381 e. The number of nitrogens with one attached hydrogen (secondary N) is 2. The number of nitrogens with two attached hydrogens (primary N) is 2. The van der Waals surface area contributed by atoms with Crippen LogP contribution in [0.2, 0.25) is 10.0 Å². The van der Waals surface area contributed by atoms with E-state index in [1.54, 1.807) is 33.4 Å². The second kappa shape index (κ2) is 15.5. The van der Waals surface area contributed by atoms with Crippen molar-refractivity contribution in [3.05, 3.63) is 130 Å². The maximum absolute atomic E-state index is 14.5. The van der Waals surface area contributed by atoms with Gasteiger partial charge in [-0.3, -0.25) is 9.13 Å². The highest BCUT2D eigenvalue weighted by molar-refractivity contribution is 6.31. The summed E-state index contributed by atoms with van der Waals surface area (Å²) in [4.78, 5) is 26.0. The molecule has 0 amide bonds. The third kappa shape index (κ3) is 7.52. The molecule has 17 heteroatoms. The third-order valence-corrected chi connectivity index (χ3v) is 8.87. The first kappa shape index (κ1) is 36.9. The lowest BCUT2D eigenvalue weighted by molar-refractivity contribution is 0.621. The zero-order chi connectivity index (χ0) is 38.8. The second-order valence-corrected chi connectivity index (χ2v) is 12.8. The van der Waals surface area contributed by atoms with Gasteiger partial charge in [-0.1, -0.05) is 61.3 Å². The minimum absolute atomic E-state index is 0.0142. The van der Waals surface area contributed by atoms with E-state index in [-0.39, 0.29) is 45.9 Å². The molecule has 0 radical (unpaired) electrons. The van der Waals surface area contributed by atoms with Crippen molar-refractivity contribution in [2.45, 2.75) is 26.7 Å². The number of hydrogen-bond acceptors (Lipinski definition) is 10. The van der Waals surface area contributed by atoms with E-state index in [0.29, 0.717) is 29.4 Å². The zero-order valence-electron chi connectivity index (χ0n) is 29.2. The minimum atomic E-state index is -0.832. The Kier molecular flexibility index (Phi) is 10.4. The van der Waals surface area contributed by atoms with E-state index in [2.05, 4.69) is 40.5 Å². The Hall–Kier alpha value is -6.45. The van der Waals surface area contributed by atoms with Crippen LogP contribution in [0.5, 0.6) is 0 Å². The number of nitrogens with zero attached hydrogens (tertiary/aromatic N) is 8. The molecule has 0 aliphatic heterocycles. The Morgan fingerprint density at radius 1 is 0.582 bits per heavy atom. The van der Waals surface area contributed by atoms with E-state index < -0.39 is 17.5 Å². The highest BCUT2D eigenvalue weighted by atomic mass is 35.5. The molecule has 4 aromatic carbocycles. The molecule has 0 atom stereocenters. The molecule has 0 unspecified atom stereocenters. The number of imidazole rings is 2. The summed E-state index contributed by atoms with van der Waals surface area (Å²) in [5.41, 5.74) is 15.7. The second-order valence-electron chi connectivity index (χ2n) is 11.9. The van der Waals surface area contributed by atoms with Gasteiger partial charge < -0.3 is 22.1 Å². The van der Waals surface area contributed by atoms with Crippen molar-refractivity contribution in [1.82, 2.24) is 39.0 Å². The first-order chi connectivity index (χ1) is 26.5. The van der Waals surface area contributed by atoms with Crippen molar-refractivity contribution in [3.8, 4) is 11.9 Å². The Bertz CT molecular complexity index is 2680. The van der Waals surface area contributed by atoms with Gasteiger partial charge in [-0.15, -0.1) is 0 Å². The van der Waals surface area contributed by atoms with Crippen LogP contribution in [0, 0.1) is 17.5 Å². The molecule has 0 fully saturated rings. The Balaban J connectivity index is 0.000000169. The minimum Gasteiger partial charge on any atom is -0.381 e. The van der Waals surface area contributed by atoms with Gasteiger partial charge in [0.05, 0.1) is 27.1 Å². The Morgan fingerprint density at radius 2 is 1.04 bits per heavy atom. The first-order valence-electron chi connectivity index (χ1n) is 16.9. The molecular formula is C38H31Cl2F3N12. The van der Waals surface area contributed by atoms with Gasteiger partial charge in [0.1, 0.15) is 17.5 Å². The summed E-state index contributed by atoms with van der Waals surface area (Å²) >= 11 is 11.6. The van der Waals surface area contributed by atoms with E-state index in [1.807, 2.05) is 62.4 Å². The summed E-state index contributed by atoms with van der Waals surface area (Å²) in [5.74, 6) is -1.05. The zero-order valence-corrected chi connectivity index (χ0v) is 30.7. The number of aryl methyl sites for hydroxylation is 2. The molecule has 8 rings (SSSR count). The highest BCUT2D eigenvalue weighted by Gasteiger charge is 2.20. The molecule has 0 saturated heterocycles.